The van der Waals surface area contributed by atoms with E-state index in [2.05, 4.69) is 41.5 Å². The Hall–Kier alpha value is -1.19. The van der Waals surface area contributed by atoms with Gasteiger partial charge >= 0.3 is 5.97 Å². The lowest BCUT2D eigenvalue weighted by atomic mass is 9.73. The molecule has 1 aliphatic heterocycles. The second-order valence-electron chi connectivity index (χ2n) is 7.74. The number of carbonyl (C=O) groups is 1. The summed E-state index contributed by atoms with van der Waals surface area (Å²) >= 11 is 0. The van der Waals surface area contributed by atoms with Crippen molar-refractivity contribution >= 4 is 17.4 Å². The van der Waals surface area contributed by atoms with E-state index in [4.69, 9.17) is 9.98 Å². The van der Waals surface area contributed by atoms with Crippen LogP contribution in [0.5, 0.6) is 0 Å². The first kappa shape index (κ1) is 18.9. The third kappa shape index (κ3) is 2.97. The zero-order chi connectivity index (χ0) is 17.3. The molecule has 126 valence electrons. The van der Waals surface area contributed by atoms with Gasteiger partial charge in [-0.3, -0.25) is 0 Å². The SMILES string of the molecule is CCC(C)C1(C(=O)O)N=C(C(C)(C)CC)C(C(C)(C)CC)=N1. The van der Waals surface area contributed by atoms with E-state index in [0.29, 0.717) is 0 Å². The molecule has 0 aromatic heterocycles. The summed E-state index contributed by atoms with van der Waals surface area (Å²) in [6.45, 7) is 16.7. The molecule has 0 aromatic carbocycles. The highest BCUT2D eigenvalue weighted by atomic mass is 16.4. The van der Waals surface area contributed by atoms with Crippen LogP contribution in [0.15, 0.2) is 9.98 Å². The van der Waals surface area contributed by atoms with Gasteiger partial charge in [-0.05, 0) is 19.3 Å². The summed E-state index contributed by atoms with van der Waals surface area (Å²) in [5.74, 6) is -1.06. The Labute approximate surface area is 135 Å². The molecule has 0 aromatic rings. The second kappa shape index (κ2) is 6.13. The van der Waals surface area contributed by atoms with Gasteiger partial charge in [0.2, 0.25) is 0 Å². The molecule has 0 spiro atoms. The third-order valence-electron chi connectivity index (χ3n) is 5.45. The minimum Gasteiger partial charge on any atom is -0.478 e. The number of hydrogen-bond acceptors (Lipinski definition) is 3. The highest BCUT2D eigenvalue weighted by molar-refractivity contribution is 6.47. The Morgan fingerprint density at radius 1 is 1.05 bits per heavy atom. The minimum atomic E-state index is -1.35. The Morgan fingerprint density at radius 3 is 1.64 bits per heavy atom. The van der Waals surface area contributed by atoms with Crippen LogP contribution in [0.2, 0.25) is 0 Å². The first-order valence-electron chi connectivity index (χ1n) is 8.42. The molecule has 1 atom stereocenters. The van der Waals surface area contributed by atoms with Gasteiger partial charge in [0.05, 0.1) is 11.4 Å². The maximum atomic E-state index is 12.0. The molecule has 0 saturated heterocycles. The topological polar surface area (TPSA) is 62.0 Å². The Balaban J connectivity index is 3.62. The van der Waals surface area contributed by atoms with E-state index in [1.165, 1.54) is 0 Å². The number of aliphatic imine (C=N–C) groups is 2. The van der Waals surface area contributed by atoms with Crippen molar-refractivity contribution in [3.05, 3.63) is 0 Å². The number of nitrogens with zero attached hydrogens (tertiary/aromatic N) is 2. The molecular formula is C18H32N2O2. The molecule has 0 aliphatic carbocycles. The van der Waals surface area contributed by atoms with Crippen LogP contribution in [0.4, 0.5) is 0 Å². The van der Waals surface area contributed by atoms with Gasteiger partial charge in [-0.25, -0.2) is 14.8 Å². The minimum absolute atomic E-state index is 0.127. The molecule has 0 bridgehead atoms. The number of rotatable bonds is 7. The summed E-state index contributed by atoms with van der Waals surface area (Å²) in [5.41, 5.74) is 0.0681. The lowest BCUT2D eigenvalue weighted by Gasteiger charge is -2.31. The summed E-state index contributed by atoms with van der Waals surface area (Å²) in [4.78, 5) is 21.5. The van der Waals surface area contributed by atoms with E-state index in [-0.39, 0.29) is 16.7 Å². The molecule has 1 rings (SSSR count). The average Bonchev–Trinajstić information content (AvgIpc) is 2.90. The van der Waals surface area contributed by atoms with E-state index < -0.39 is 11.6 Å². The van der Waals surface area contributed by atoms with Crippen molar-refractivity contribution in [2.75, 3.05) is 0 Å². The fraction of sp³-hybridized carbons (Fsp3) is 0.833. The van der Waals surface area contributed by atoms with Crippen molar-refractivity contribution < 1.29 is 9.90 Å². The largest absolute Gasteiger partial charge is 0.478 e. The Kier molecular flexibility index (Phi) is 5.26. The van der Waals surface area contributed by atoms with Crippen molar-refractivity contribution in [1.82, 2.24) is 0 Å². The predicted octanol–water partition coefficient (Wildman–Crippen LogP) is 4.58. The predicted molar refractivity (Wildman–Crippen MR) is 92.8 cm³/mol. The van der Waals surface area contributed by atoms with Crippen LogP contribution < -0.4 is 0 Å². The smallest absolute Gasteiger partial charge is 0.354 e. The van der Waals surface area contributed by atoms with Gasteiger partial charge in [-0.1, -0.05) is 55.4 Å². The summed E-state index contributed by atoms with van der Waals surface area (Å²) in [5, 5.41) is 9.86. The third-order valence-corrected chi connectivity index (χ3v) is 5.45. The first-order valence-corrected chi connectivity index (χ1v) is 8.42. The quantitative estimate of drug-likeness (QED) is 0.748. The van der Waals surface area contributed by atoms with E-state index in [0.717, 1.165) is 30.7 Å². The summed E-state index contributed by atoms with van der Waals surface area (Å²) < 4.78 is 0. The van der Waals surface area contributed by atoms with E-state index in [1.807, 2.05) is 13.8 Å². The lowest BCUT2D eigenvalue weighted by Crippen LogP contribution is -2.40. The van der Waals surface area contributed by atoms with Crippen molar-refractivity contribution in [1.29, 1.82) is 0 Å². The monoisotopic (exact) mass is 308 g/mol. The number of aliphatic carboxylic acids is 1. The maximum Gasteiger partial charge on any atom is 0.354 e. The van der Waals surface area contributed by atoms with Gasteiger partial charge in [0.1, 0.15) is 0 Å². The zero-order valence-electron chi connectivity index (χ0n) is 15.4. The van der Waals surface area contributed by atoms with Crippen LogP contribution in [0.3, 0.4) is 0 Å². The molecule has 4 nitrogen and oxygen atoms in total. The zero-order valence-corrected chi connectivity index (χ0v) is 15.4. The fourth-order valence-electron chi connectivity index (χ4n) is 2.56. The maximum absolute atomic E-state index is 12.0. The van der Waals surface area contributed by atoms with Gasteiger partial charge in [0, 0.05) is 16.7 Å². The molecule has 0 fully saturated rings. The van der Waals surface area contributed by atoms with Gasteiger partial charge in [-0.2, -0.15) is 0 Å². The standard InChI is InChI=1S/C18H32N2O2/c1-9-12(4)18(15(21)22)19-13(16(5,6)10-2)14(20-18)17(7,8)11-3/h12H,9-11H2,1-8H3,(H,21,22). The second-order valence-corrected chi connectivity index (χ2v) is 7.74. The molecule has 1 aliphatic rings. The van der Waals surface area contributed by atoms with Gasteiger partial charge in [0.15, 0.2) is 0 Å². The normalized spacial score (nSPS) is 19.6. The van der Waals surface area contributed by atoms with Crippen LogP contribution >= 0.6 is 0 Å². The highest BCUT2D eigenvalue weighted by Gasteiger charge is 2.51. The first-order chi connectivity index (χ1) is 9.98. The van der Waals surface area contributed by atoms with Crippen molar-refractivity contribution in [2.45, 2.75) is 80.3 Å². The molecule has 22 heavy (non-hydrogen) atoms. The van der Waals surface area contributed by atoms with Crippen LogP contribution in [0.1, 0.15) is 74.7 Å². The molecule has 1 heterocycles. The van der Waals surface area contributed by atoms with Gasteiger partial charge in [-0.15, -0.1) is 0 Å². The van der Waals surface area contributed by atoms with Gasteiger partial charge < -0.3 is 5.11 Å². The molecule has 4 heteroatoms. The summed E-state index contributed by atoms with van der Waals surface area (Å²) in [6.07, 6.45) is 2.54. The van der Waals surface area contributed by atoms with Crippen LogP contribution in [-0.4, -0.2) is 28.2 Å². The number of carboxylic acids is 1. The Morgan fingerprint density at radius 2 is 1.41 bits per heavy atom. The highest BCUT2D eigenvalue weighted by Crippen LogP contribution is 2.41. The molecule has 0 radical (unpaired) electrons. The molecule has 0 saturated carbocycles. The van der Waals surface area contributed by atoms with Crippen molar-refractivity contribution in [2.24, 2.45) is 26.7 Å². The fourth-order valence-corrected chi connectivity index (χ4v) is 2.56. The van der Waals surface area contributed by atoms with E-state index in [9.17, 15) is 9.90 Å². The van der Waals surface area contributed by atoms with Crippen molar-refractivity contribution in [3.8, 4) is 0 Å². The van der Waals surface area contributed by atoms with E-state index >= 15 is 0 Å². The molecule has 1 unspecified atom stereocenters. The van der Waals surface area contributed by atoms with Crippen LogP contribution in [-0.2, 0) is 4.79 Å². The number of carboxylic acid groups (broad SMARTS) is 1. The molecule has 0 amide bonds. The summed E-state index contributed by atoms with van der Waals surface area (Å²) in [7, 11) is 0. The van der Waals surface area contributed by atoms with Gasteiger partial charge in [0.25, 0.3) is 5.66 Å². The molecular weight excluding hydrogens is 276 g/mol. The Bertz CT molecular complexity index is 469. The van der Waals surface area contributed by atoms with E-state index in [1.54, 1.807) is 0 Å². The van der Waals surface area contributed by atoms with Crippen molar-refractivity contribution in [3.63, 3.8) is 0 Å². The molecule has 1 N–H and O–H groups in total. The lowest BCUT2D eigenvalue weighted by molar-refractivity contribution is -0.144. The number of hydrogen-bond donors (Lipinski definition) is 1. The average molecular weight is 308 g/mol. The summed E-state index contributed by atoms with van der Waals surface area (Å²) in [6, 6.07) is 0. The van der Waals surface area contributed by atoms with Crippen LogP contribution in [0.25, 0.3) is 0 Å². The van der Waals surface area contributed by atoms with Crippen LogP contribution in [0, 0.1) is 16.7 Å².